The van der Waals surface area contributed by atoms with Crippen LogP contribution in [-0.4, -0.2) is 17.2 Å². The van der Waals surface area contributed by atoms with Crippen LogP contribution in [0.3, 0.4) is 0 Å². The predicted octanol–water partition coefficient (Wildman–Crippen LogP) is 3.02. The van der Waals surface area contributed by atoms with Gasteiger partial charge in [-0.1, -0.05) is 17.7 Å². The van der Waals surface area contributed by atoms with Gasteiger partial charge in [0.2, 0.25) is 0 Å². The standard InChI is InChI=1S/C14H14ClNO2/c1-18-14-5-4-11(15)8-12(14)13(17)7-10-3-2-6-16-9-10/h2-6,8-9,13,17H,7H2,1H3. The van der Waals surface area contributed by atoms with Gasteiger partial charge in [-0.05, 0) is 29.8 Å². The second-order valence-electron chi connectivity index (χ2n) is 3.97. The van der Waals surface area contributed by atoms with E-state index in [0.29, 0.717) is 22.8 Å². The molecule has 0 radical (unpaired) electrons. The summed E-state index contributed by atoms with van der Waals surface area (Å²) in [5.41, 5.74) is 1.65. The third kappa shape index (κ3) is 3.00. The molecule has 1 unspecified atom stereocenters. The van der Waals surface area contributed by atoms with Crippen molar-refractivity contribution in [2.75, 3.05) is 7.11 Å². The Bertz CT molecular complexity index is 516. The minimum atomic E-state index is -0.664. The second-order valence-corrected chi connectivity index (χ2v) is 4.40. The number of pyridine rings is 1. The minimum absolute atomic E-state index is 0.477. The van der Waals surface area contributed by atoms with Crippen molar-refractivity contribution in [1.29, 1.82) is 0 Å². The van der Waals surface area contributed by atoms with Crippen molar-refractivity contribution in [3.63, 3.8) is 0 Å². The number of aliphatic hydroxyl groups excluding tert-OH is 1. The Labute approximate surface area is 111 Å². The smallest absolute Gasteiger partial charge is 0.124 e. The van der Waals surface area contributed by atoms with E-state index in [-0.39, 0.29) is 0 Å². The van der Waals surface area contributed by atoms with Crippen molar-refractivity contribution in [3.05, 3.63) is 58.9 Å². The summed E-state index contributed by atoms with van der Waals surface area (Å²) in [6, 6.07) is 8.98. The molecule has 1 N–H and O–H groups in total. The number of halogens is 1. The highest BCUT2D eigenvalue weighted by Gasteiger charge is 2.14. The Kier molecular flexibility index (Phi) is 4.18. The van der Waals surface area contributed by atoms with Crippen molar-refractivity contribution in [2.24, 2.45) is 0 Å². The monoisotopic (exact) mass is 263 g/mol. The summed E-state index contributed by atoms with van der Waals surface area (Å²) in [4.78, 5) is 4.02. The van der Waals surface area contributed by atoms with Crippen molar-refractivity contribution in [2.45, 2.75) is 12.5 Å². The Morgan fingerprint density at radius 1 is 1.39 bits per heavy atom. The van der Waals surface area contributed by atoms with Gasteiger partial charge in [-0.2, -0.15) is 0 Å². The highest BCUT2D eigenvalue weighted by molar-refractivity contribution is 6.30. The van der Waals surface area contributed by atoms with Crippen LogP contribution >= 0.6 is 11.6 Å². The van der Waals surface area contributed by atoms with Gasteiger partial charge < -0.3 is 9.84 Å². The molecule has 1 aromatic carbocycles. The normalized spacial score (nSPS) is 12.2. The maximum atomic E-state index is 10.2. The molecule has 3 nitrogen and oxygen atoms in total. The lowest BCUT2D eigenvalue weighted by Crippen LogP contribution is -2.04. The first-order chi connectivity index (χ1) is 8.70. The van der Waals surface area contributed by atoms with Crippen molar-refractivity contribution < 1.29 is 9.84 Å². The van der Waals surface area contributed by atoms with Gasteiger partial charge >= 0.3 is 0 Å². The van der Waals surface area contributed by atoms with Gasteiger partial charge in [0, 0.05) is 29.4 Å². The Hall–Kier alpha value is -1.58. The van der Waals surface area contributed by atoms with Gasteiger partial charge in [-0.25, -0.2) is 0 Å². The summed E-state index contributed by atoms with van der Waals surface area (Å²) >= 11 is 5.94. The van der Waals surface area contributed by atoms with Gasteiger partial charge in [-0.3, -0.25) is 4.98 Å². The number of methoxy groups -OCH3 is 1. The highest BCUT2D eigenvalue weighted by atomic mass is 35.5. The fourth-order valence-corrected chi connectivity index (χ4v) is 2.00. The van der Waals surface area contributed by atoms with Gasteiger partial charge in [0.1, 0.15) is 5.75 Å². The number of hydrogen-bond donors (Lipinski definition) is 1. The van der Waals surface area contributed by atoms with E-state index in [2.05, 4.69) is 4.98 Å². The molecule has 0 amide bonds. The molecule has 0 bridgehead atoms. The average Bonchev–Trinajstić information content (AvgIpc) is 2.40. The van der Waals surface area contributed by atoms with Crippen molar-refractivity contribution >= 4 is 11.6 Å². The van der Waals surface area contributed by atoms with E-state index in [0.717, 1.165) is 5.56 Å². The summed E-state index contributed by atoms with van der Waals surface area (Å²) < 4.78 is 5.22. The van der Waals surface area contributed by atoms with E-state index in [1.165, 1.54) is 0 Å². The number of hydrogen-bond acceptors (Lipinski definition) is 3. The van der Waals surface area contributed by atoms with E-state index in [1.54, 1.807) is 37.7 Å². The molecule has 2 rings (SSSR count). The SMILES string of the molecule is COc1ccc(Cl)cc1C(O)Cc1cccnc1. The number of ether oxygens (including phenoxy) is 1. The number of nitrogens with zero attached hydrogens (tertiary/aromatic N) is 1. The molecule has 0 saturated heterocycles. The van der Waals surface area contributed by atoms with Gasteiger partial charge in [0.15, 0.2) is 0 Å². The van der Waals surface area contributed by atoms with Crippen LogP contribution in [0.15, 0.2) is 42.7 Å². The van der Waals surface area contributed by atoms with Gasteiger partial charge in [-0.15, -0.1) is 0 Å². The molecule has 2 aromatic rings. The Balaban J connectivity index is 2.23. The van der Waals surface area contributed by atoms with E-state index >= 15 is 0 Å². The van der Waals surface area contributed by atoms with E-state index in [4.69, 9.17) is 16.3 Å². The Morgan fingerprint density at radius 2 is 2.22 bits per heavy atom. The molecular formula is C14H14ClNO2. The van der Waals surface area contributed by atoms with Crippen LogP contribution in [-0.2, 0) is 6.42 Å². The molecule has 0 aliphatic carbocycles. The van der Waals surface area contributed by atoms with E-state index in [1.807, 2.05) is 12.1 Å². The zero-order chi connectivity index (χ0) is 13.0. The molecule has 0 aliphatic rings. The maximum Gasteiger partial charge on any atom is 0.124 e. The average molecular weight is 264 g/mol. The summed E-state index contributed by atoms with van der Waals surface area (Å²) in [6.45, 7) is 0. The molecule has 0 aliphatic heterocycles. The van der Waals surface area contributed by atoms with Gasteiger partial charge in [0.25, 0.3) is 0 Å². The molecule has 18 heavy (non-hydrogen) atoms. The largest absolute Gasteiger partial charge is 0.496 e. The molecule has 0 spiro atoms. The van der Waals surface area contributed by atoms with Crippen LogP contribution in [0.5, 0.6) is 5.75 Å². The van der Waals surface area contributed by atoms with E-state index < -0.39 is 6.10 Å². The number of rotatable bonds is 4. The first-order valence-corrected chi connectivity index (χ1v) is 5.99. The minimum Gasteiger partial charge on any atom is -0.496 e. The summed E-state index contributed by atoms with van der Waals surface area (Å²) in [5.74, 6) is 0.635. The van der Waals surface area contributed by atoms with Crippen molar-refractivity contribution in [3.8, 4) is 5.75 Å². The second kappa shape index (κ2) is 5.85. The summed E-state index contributed by atoms with van der Waals surface area (Å²) in [5, 5.41) is 10.8. The van der Waals surface area contributed by atoms with Crippen LogP contribution in [0, 0.1) is 0 Å². The lowest BCUT2D eigenvalue weighted by molar-refractivity contribution is 0.174. The zero-order valence-electron chi connectivity index (χ0n) is 10.0. The fourth-order valence-electron chi connectivity index (χ4n) is 1.82. The number of aromatic nitrogens is 1. The van der Waals surface area contributed by atoms with Crippen LogP contribution in [0.2, 0.25) is 5.02 Å². The maximum absolute atomic E-state index is 10.2. The van der Waals surface area contributed by atoms with Crippen molar-refractivity contribution in [1.82, 2.24) is 4.98 Å². The van der Waals surface area contributed by atoms with Crippen LogP contribution in [0.4, 0.5) is 0 Å². The number of aliphatic hydroxyl groups is 1. The number of benzene rings is 1. The molecule has 1 aromatic heterocycles. The quantitative estimate of drug-likeness (QED) is 0.922. The van der Waals surface area contributed by atoms with E-state index in [9.17, 15) is 5.11 Å². The molecule has 1 heterocycles. The third-order valence-electron chi connectivity index (χ3n) is 2.70. The zero-order valence-corrected chi connectivity index (χ0v) is 10.8. The highest BCUT2D eigenvalue weighted by Crippen LogP contribution is 2.30. The van der Waals surface area contributed by atoms with Crippen LogP contribution in [0.25, 0.3) is 0 Å². The molecular weight excluding hydrogens is 250 g/mol. The summed E-state index contributed by atoms with van der Waals surface area (Å²) in [7, 11) is 1.57. The molecule has 0 saturated carbocycles. The lowest BCUT2D eigenvalue weighted by atomic mass is 10.0. The molecule has 1 atom stereocenters. The molecule has 4 heteroatoms. The molecule has 94 valence electrons. The first kappa shape index (κ1) is 12.9. The Morgan fingerprint density at radius 3 is 2.89 bits per heavy atom. The first-order valence-electron chi connectivity index (χ1n) is 5.61. The van der Waals surface area contributed by atoms with Crippen LogP contribution in [0.1, 0.15) is 17.2 Å². The predicted molar refractivity (Wildman–Crippen MR) is 70.9 cm³/mol. The van der Waals surface area contributed by atoms with Gasteiger partial charge in [0.05, 0.1) is 13.2 Å². The summed E-state index contributed by atoms with van der Waals surface area (Å²) in [6.07, 6.45) is 3.25. The molecule has 0 fully saturated rings. The topological polar surface area (TPSA) is 42.4 Å². The lowest BCUT2D eigenvalue weighted by Gasteiger charge is -2.15. The third-order valence-corrected chi connectivity index (χ3v) is 2.94. The fraction of sp³-hybridized carbons (Fsp3) is 0.214. The van der Waals surface area contributed by atoms with Crippen LogP contribution < -0.4 is 4.74 Å².